The minimum atomic E-state index is -1.23. The molecular formula is C5H6AgO4-2. The topological polar surface area (TPSA) is 80.3 Å². The van der Waals surface area contributed by atoms with Crippen molar-refractivity contribution in [1.29, 1.82) is 0 Å². The predicted octanol–water partition coefficient (Wildman–Crippen LogP) is -2.35. The maximum atomic E-state index is 9.66. The summed E-state index contributed by atoms with van der Waals surface area (Å²) in [7, 11) is 0. The molecule has 0 aliphatic heterocycles. The first-order valence-electron chi connectivity index (χ1n) is 2.52. The van der Waals surface area contributed by atoms with Crippen LogP contribution in [0.25, 0.3) is 0 Å². The molecule has 0 aliphatic carbocycles. The van der Waals surface area contributed by atoms with E-state index in [0.29, 0.717) is 0 Å². The standard InChI is InChI=1S/C5H8O4.Ag/c6-4(7)2-1-3-5(8)9;/h1-3H2,(H,6,7)(H,8,9);/p-2. The van der Waals surface area contributed by atoms with Gasteiger partial charge in [-0.3, -0.25) is 0 Å². The second kappa shape index (κ2) is 6.80. The van der Waals surface area contributed by atoms with E-state index in [0.717, 1.165) is 0 Å². The van der Waals surface area contributed by atoms with E-state index >= 15 is 0 Å². The number of hydrogen-bond donors (Lipinski definition) is 0. The Kier molecular flexibility index (Phi) is 8.40. The van der Waals surface area contributed by atoms with Gasteiger partial charge in [-0.2, -0.15) is 0 Å². The quantitative estimate of drug-likeness (QED) is 0.513. The van der Waals surface area contributed by atoms with Crippen molar-refractivity contribution in [1.82, 2.24) is 0 Å². The van der Waals surface area contributed by atoms with Crippen LogP contribution in [0.5, 0.6) is 0 Å². The Bertz CT molecular complexity index is 109. The van der Waals surface area contributed by atoms with Gasteiger partial charge in [-0.25, -0.2) is 0 Å². The predicted molar refractivity (Wildman–Crippen MR) is 23.9 cm³/mol. The fourth-order valence-electron chi connectivity index (χ4n) is 0.377. The Morgan fingerprint density at radius 3 is 1.50 bits per heavy atom. The van der Waals surface area contributed by atoms with Crippen molar-refractivity contribution in [3.05, 3.63) is 0 Å². The summed E-state index contributed by atoms with van der Waals surface area (Å²) < 4.78 is 0. The van der Waals surface area contributed by atoms with Crippen molar-refractivity contribution in [2.24, 2.45) is 0 Å². The Hall–Kier alpha value is -0.320. The summed E-state index contributed by atoms with van der Waals surface area (Å²) in [6.45, 7) is 0. The summed E-state index contributed by atoms with van der Waals surface area (Å²) in [5, 5.41) is 19.3. The molecule has 0 saturated carbocycles. The Labute approximate surface area is 73.7 Å². The molecule has 0 unspecified atom stereocenters. The minimum absolute atomic E-state index is 0. The van der Waals surface area contributed by atoms with Gasteiger partial charge in [-0.1, -0.05) is 0 Å². The normalized spacial score (nSPS) is 8.00. The van der Waals surface area contributed by atoms with Crippen LogP contribution in [0.15, 0.2) is 0 Å². The van der Waals surface area contributed by atoms with Gasteiger partial charge < -0.3 is 19.8 Å². The smallest absolute Gasteiger partial charge is 0.0414 e. The van der Waals surface area contributed by atoms with Crippen LogP contribution in [0.3, 0.4) is 0 Å². The molecule has 0 heterocycles. The van der Waals surface area contributed by atoms with Gasteiger partial charge in [-0.15, -0.1) is 0 Å². The van der Waals surface area contributed by atoms with E-state index in [1.165, 1.54) is 0 Å². The van der Waals surface area contributed by atoms with Gasteiger partial charge in [0.1, 0.15) is 0 Å². The molecule has 0 aromatic rings. The van der Waals surface area contributed by atoms with Crippen LogP contribution in [0.2, 0.25) is 0 Å². The molecule has 0 atom stereocenters. The largest absolute Gasteiger partial charge is 0.550 e. The molecule has 0 aromatic heterocycles. The van der Waals surface area contributed by atoms with Crippen molar-refractivity contribution >= 4 is 11.9 Å². The molecule has 0 saturated heterocycles. The molecule has 0 spiro atoms. The van der Waals surface area contributed by atoms with E-state index in [4.69, 9.17) is 0 Å². The SMILES string of the molecule is O=C([O-])CCCC(=O)[O-].[Ag]. The monoisotopic (exact) mass is 237 g/mol. The molecule has 1 radical (unpaired) electrons. The third kappa shape index (κ3) is 10.6. The first-order chi connectivity index (χ1) is 4.13. The van der Waals surface area contributed by atoms with Crippen LogP contribution < -0.4 is 10.2 Å². The molecule has 0 aromatic carbocycles. The number of rotatable bonds is 4. The van der Waals surface area contributed by atoms with E-state index in [1.807, 2.05) is 0 Å². The second-order valence-corrected chi connectivity index (χ2v) is 1.60. The second-order valence-electron chi connectivity index (χ2n) is 1.60. The Morgan fingerprint density at radius 1 is 1.00 bits per heavy atom. The number of carbonyl (C=O) groups excluding carboxylic acids is 2. The van der Waals surface area contributed by atoms with Gasteiger partial charge in [0.05, 0.1) is 0 Å². The van der Waals surface area contributed by atoms with E-state index < -0.39 is 11.9 Å². The zero-order valence-corrected chi connectivity index (χ0v) is 6.54. The van der Waals surface area contributed by atoms with Crippen LogP contribution in [0.1, 0.15) is 19.3 Å². The van der Waals surface area contributed by atoms with E-state index in [-0.39, 0.29) is 41.6 Å². The van der Waals surface area contributed by atoms with Gasteiger partial charge in [0.2, 0.25) is 0 Å². The summed E-state index contributed by atoms with van der Waals surface area (Å²) >= 11 is 0. The van der Waals surface area contributed by atoms with E-state index in [9.17, 15) is 19.8 Å². The molecule has 0 N–H and O–H groups in total. The number of carboxylic acid groups (broad SMARTS) is 2. The van der Waals surface area contributed by atoms with Crippen molar-refractivity contribution in [3.63, 3.8) is 0 Å². The molecule has 5 heteroatoms. The van der Waals surface area contributed by atoms with Crippen LogP contribution in [0.4, 0.5) is 0 Å². The molecule has 4 nitrogen and oxygen atoms in total. The number of carboxylic acids is 2. The molecule has 0 fully saturated rings. The summed E-state index contributed by atoms with van der Waals surface area (Å²) in [4.78, 5) is 19.3. The zero-order valence-electron chi connectivity index (χ0n) is 5.06. The molecule has 0 amide bonds. The molecular weight excluding hydrogens is 232 g/mol. The Balaban J connectivity index is 0. The minimum Gasteiger partial charge on any atom is -0.550 e. The molecule has 0 aliphatic rings. The molecule has 0 bridgehead atoms. The maximum Gasteiger partial charge on any atom is 0.0414 e. The average molecular weight is 238 g/mol. The van der Waals surface area contributed by atoms with Crippen LogP contribution in [-0.4, -0.2) is 11.9 Å². The van der Waals surface area contributed by atoms with Gasteiger partial charge in [0, 0.05) is 34.3 Å². The van der Waals surface area contributed by atoms with Gasteiger partial charge in [0.25, 0.3) is 0 Å². The van der Waals surface area contributed by atoms with Gasteiger partial charge >= 0.3 is 0 Å². The van der Waals surface area contributed by atoms with Crippen LogP contribution in [0, 0.1) is 0 Å². The van der Waals surface area contributed by atoms with Gasteiger partial charge in [-0.05, 0) is 19.3 Å². The Morgan fingerprint density at radius 2 is 1.30 bits per heavy atom. The summed E-state index contributed by atoms with van der Waals surface area (Å²) in [5.41, 5.74) is 0. The first-order valence-corrected chi connectivity index (χ1v) is 2.52. The fourth-order valence-corrected chi connectivity index (χ4v) is 0.377. The molecule has 63 valence electrons. The number of hydrogen-bond acceptors (Lipinski definition) is 4. The third-order valence-corrected chi connectivity index (χ3v) is 0.762. The summed E-state index contributed by atoms with van der Waals surface area (Å²) in [6, 6.07) is 0. The van der Waals surface area contributed by atoms with Gasteiger partial charge in [0.15, 0.2) is 0 Å². The van der Waals surface area contributed by atoms with Crippen molar-refractivity contribution in [2.45, 2.75) is 19.3 Å². The first kappa shape index (κ1) is 12.4. The fraction of sp³-hybridized carbons (Fsp3) is 0.600. The molecule has 0 rings (SSSR count). The van der Waals surface area contributed by atoms with Crippen molar-refractivity contribution in [2.75, 3.05) is 0 Å². The number of carbonyl (C=O) groups is 2. The summed E-state index contributed by atoms with van der Waals surface area (Å²) in [5.74, 6) is -2.45. The van der Waals surface area contributed by atoms with Crippen molar-refractivity contribution in [3.8, 4) is 0 Å². The van der Waals surface area contributed by atoms with Crippen molar-refractivity contribution < 1.29 is 42.2 Å². The van der Waals surface area contributed by atoms with Crippen LogP contribution in [-0.2, 0) is 32.0 Å². The average Bonchev–Trinajstić information content (AvgIpc) is 1.63. The zero-order chi connectivity index (χ0) is 7.28. The van der Waals surface area contributed by atoms with E-state index in [1.54, 1.807) is 0 Å². The van der Waals surface area contributed by atoms with E-state index in [2.05, 4.69) is 0 Å². The number of aliphatic carboxylic acids is 2. The summed E-state index contributed by atoms with van der Waals surface area (Å²) in [6.07, 6.45) is -0.341. The third-order valence-electron chi connectivity index (χ3n) is 0.762. The maximum absolute atomic E-state index is 9.66. The molecule has 10 heavy (non-hydrogen) atoms. The van der Waals surface area contributed by atoms with Crippen LogP contribution >= 0.6 is 0 Å².